The Hall–Kier alpha value is -4.28. The van der Waals surface area contributed by atoms with Crippen molar-refractivity contribution in [2.75, 3.05) is 83.8 Å². The van der Waals surface area contributed by atoms with E-state index in [9.17, 15) is 36.6 Å². The zero-order valence-corrected chi connectivity index (χ0v) is 33.4. The molecule has 0 fully saturated rings. The van der Waals surface area contributed by atoms with Crippen molar-refractivity contribution in [3.05, 3.63) is 72.8 Å². The molecule has 15 heteroatoms. The Morgan fingerprint density at radius 3 is 1.26 bits per heavy atom. The summed E-state index contributed by atoms with van der Waals surface area (Å²) in [5.41, 5.74) is 1.67. The number of carbonyl (C=O) groups is 2. The third-order valence-electron chi connectivity index (χ3n) is 9.38. The van der Waals surface area contributed by atoms with E-state index in [-0.39, 0.29) is 22.9 Å². The molecule has 0 amide bonds. The molecule has 4 aromatic carbocycles. The first-order valence-electron chi connectivity index (χ1n) is 18.1. The number of anilines is 2. The lowest BCUT2D eigenvalue weighted by atomic mass is 10.1. The average molecular weight is 784 g/mol. The van der Waals surface area contributed by atoms with Crippen molar-refractivity contribution >= 4 is 64.9 Å². The second-order valence-corrected chi connectivity index (χ2v) is 17.6. The first-order valence-corrected chi connectivity index (χ1v) is 21.0. The zero-order valence-electron chi connectivity index (χ0n) is 31.8. The Morgan fingerprint density at radius 2 is 0.889 bits per heavy atom. The molecule has 0 saturated carbocycles. The number of carboxylic acid groups (broad SMARTS) is 2. The molecular formula is C39H53N5O8S2. The molecule has 0 radical (unpaired) electrons. The molecule has 54 heavy (non-hydrogen) atoms. The van der Waals surface area contributed by atoms with Crippen molar-refractivity contribution < 1.29 is 36.6 Å². The van der Waals surface area contributed by atoms with Gasteiger partial charge in [0.2, 0.25) is 20.0 Å². The molecule has 0 heterocycles. The summed E-state index contributed by atoms with van der Waals surface area (Å²) in [6.07, 6.45) is 3.45. The number of fused-ring (bicyclic) bond motifs is 2. The normalized spacial score (nSPS) is 12.3. The molecule has 4 rings (SSSR count). The van der Waals surface area contributed by atoms with Gasteiger partial charge >= 0.3 is 11.9 Å². The third-order valence-corrected chi connectivity index (χ3v) is 13.2. The Bertz CT molecular complexity index is 1990. The summed E-state index contributed by atoms with van der Waals surface area (Å²) < 4.78 is 58.2. The maximum Gasteiger partial charge on any atom is 0.318 e. The molecule has 0 aromatic heterocycles. The van der Waals surface area contributed by atoms with Gasteiger partial charge in [-0.25, -0.2) is 16.8 Å². The summed E-state index contributed by atoms with van der Waals surface area (Å²) >= 11 is 0. The fourth-order valence-corrected chi connectivity index (χ4v) is 10.0. The number of aliphatic carboxylic acids is 2. The summed E-state index contributed by atoms with van der Waals surface area (Å²) in [6, 6.07) is 20.8. The topological polar surface area (TPSA) is 159 Å². The van der Waals surface area contributed by atoms with Crippen LogP contribution in [0.5, 0.6) is 0 Å². The van der Waals surface area contributed by atoms with E-state index in [1.54, 1.807) is 36.4 Å². The maximum absolute atomic E-state index is 14.1. The highest BCUT2D eigenvalue weighted by Gasteiger charge is 2.30. The molecular weight excluding hydrogens is 731 g/mol. The van der Waals surface area contributed by atoms with Gasteiger partial charge in [-0.2, -0.15) is 8.61 Å². The van der Waals surface area contributed by atoms with E-state index in [4.69, 9.17) is 0 Å². The smallest absolute Gasteiger partial charge is 0.318 e. The largest absolute Gasteiger partial charge is 0.480 e. The van der Waals surface area contributed by atoms with Crippen LogP contribution in [0.3, 0.4) is 0 Å². The van der Waals surface area contributed by atoms with E-state index >= 15 is 0 Å². The molecule has 0 aliphatic carbocycles. The predicted octanol–water partition coefficient (Wildman–Crippen LogP) is 5.25. The van der Waals surface area contributed by atoms with Crippen LogP contribution in [-0.4, -0.2) is 127 Å². The van der Waals surface area contributed by atoms with Crippen LogP contribution >= 0.6 is 0 Å². The van der Waals surface area contributed by atoms with Crippen LogP contribution in [0.15, 0.2) is 82.6 Å². The van der Waals surface area contributed by atoms with E-state index < -0.39 is 45.1 Å². The number of sulfonamides is 2. The summed E-state index contributed by atoms with van der Waals surface area (Å²) in [6.45, 7) is 2.12. The third kappa shape index (κ3) is 10.3. The lowest BCUT2D eigenvalue weighted by Crippen LogP contribution is -2.39. The van der Waals surface area contributed by atoms with Gasteiger partial charge in [-0.1, -0.05) is 68.3 Å². The highest BCUT2D eigenvalue weighted by atomic mass is 32.2. The standard InChI is InChI=1S/C39H53N5O8S2/c1-6-7-8-23-42(24-13-26-43(28-38(45)46)53(49,50)36-21-11-15-30-32(36)17-9-19-34(30)40(2)3)25-14-27-44(29-39(47)48)54(51,52)37-22-12-16-31-33(37)18-10-20-35(31)41(4)5/h9-12,15-22H,6-8,13-14,23-29H2,1-5H3,(H,45,46)(H,47,48). The van der Waals surface area contributed by atoms with E-state index in [2.05, 4.69) is 11.8 Å². The Balaban J connectivity index is 1.52. The minimum Gasteiger partial charge on any atom is -0.480 e. The van der Waals surface area contributed by atoms with Crippen molar-refractivity contribution in [1.82, 2.24) is 13.5 Å². The van der Waals surface area contributed by atoms with E-state index in [0.29, 0.717) is 43.2 Å². The first-order chi connectivity index (χ1) is 25.6. The molecule has 0 spiro atoms. The Kier molecular flexibility index (Phi) is 14.8. The Labute approximate surface area is 319 Å². The molecule has 0 aliphatic rings. The maximum atomic E-state index is 14.1. The second-order valence-electron chi connectivity index (χ2n) is 13.8. The van der Waals surface area contributed by atoms with Crippen molar-refractivity contribution in [3.8, 4) is 0 Å². The summed E-state index contributed by atoms with van der Waals surface area (Å²) in [5, 5.41) is 21.9. The molecule has 0 saturated heterocycles. The van der Waals surface area contributed by atoms with Crippen LogP contribution in [0.4, 0.5) is 11.4 Å². The molecule has 0 bridgehead atoms. The lowest BCUT2D eigenvalue weighted by Gasteiger charge is -2.27. The fraction of sp³-hybridized carbons (Fsp3) is 0.436. The van der Waals surface area contributed by atoms with Gasteiger partial charge in [0, 0.05) is 74.2 Å². The molecule has 294 valence electrons. The van der Waals surface area contributed by atoms with Crippen LogP contribution in [0, 0.1) is 0 Å². The van der Waals surface area contributed by atoms with E-state index in [0.717, 1.165) is 50.0 Å². The fourth-order valence-electron chi connectivity index (χ4n) is 6.77. The van der Waals surface area contributed by atoms with Gasteiger partial charge < -0.3 is 24.9 Å². The van der Waals surface area contributed by atoms with E-state index in [1.807, 2.05) is 62.3 Å². The van der Waals surface area contributed by atoms with Gasteiger partial charge in [-0.05, 0) is 63.2 Å². The quantitative estimate of drug-likeness (QED) is 0.100. The first kappa shape index (κ1) is 42.5. The SMILES string of the molecule is CCCCCN(CCCN(CC(=O)O)S(=O)(=O)c1cccc2c(N(C)C)cccc12)CCCN(CC(=O)O)S(=O)(=O)c1cccc2c(N(C)C)cccc12. The number of benzene rings is 4. The predicted molar refractivity (Wildman–Crippen MR) is 215 cm³/mol. The van der Waals surface area contributed by atoms with Crippen LogP contribution in [0.25, 0.3) is 21.5 Å². The highest BCUT2D eigenvalue weighted by Crippen LogP contribution is 2.33. The van der Waals surface area contributed by atoms with Gasteiger partial charge in [0.1, 0.15) is 13.1 Å². The molecule has 2 N–H and O–H groups in total. The van der Waals surface area contributed by atoms with Crippen molar-refractivity contribution in [3.63, 3.8) is 0 Å². The minimum absolute atomic E-state index is 0.0358. The minimum atomic E-state index is -4.21. The zero-order chi connectivity index (χ0) is 39.6. The molecule has 0 atom stereocenters. The van der Waals surface area contributed by atoms with Crippen LogP contribution in [0.2, 0.25) is 0 Å². The molecule has 0 unspecified atom stereocenters. The van der Waals surface area contributed by atoms with Gasteiger partial charge in [0.05, 0.1) is 9.79 Å². The summed E-state index contributed by atoms with van der Waals surface area (Å²) in [4.78, 5) is 29.8. The van der Waals surface area contributed by atoms with Gasteiger partial charge in [0.25, 0.3) is 0 Å². The van der Waals surface area contributed by atoms with Crippen molar-refractivity contribution in [2.45, 2.75) is 48.8 Å². The lowest BCUT2D eigenvalue weighted by molar-refractivity contribution is -0.138. The average Bonchev–Trinajstić information content (AvgIpc) is 3.12. The highest BCUT2D eigenvalue weighted by molar-refractivity contribution is 7.89. The molecule has 4 aromatic rings. The summed E-state index contributed by atoms with van der Waals surface area (Å²) in [5.74, 6) is -2.53. The van der Waals surface area contributed by atoms with E-state index in [1.165, 1.54) is 12.1 Å². The van der Waals surface area contributed by atoms with Gasteiger partial charge in [-0.15, -0.1) is 0 Å². The van der Waals surface area contributed by atoms with Gasteiger partial charge in [0.15, 0.2) is 0 Å². The molecule has 13 nitrogen and oxygen atoms in total. The second kappa shape index (κ2) is 18.8. The summed E-state index contributed by atoms with van der Waals surface area (Å²) in [7, 11) is -0.938. The van der Waals surface area contributed by atoms with Crippen LogP contribution < -0.4 is 9.80 Å². The molecule has 0 aliphatic heterocycles. The number of unbranched alkanes of at least 4 members (excludes halogenated alkanes) is 2. The van der Waals surface area contributed by atoms with Crippen molar-refractivity contribution in [2.24, 2.45) is 0 Å². The number of carboxylic acids is 2. The number of hydrogen-bond donors (Lipinski definition) is 2. The number of rotatable bonds is 22. The number of nitrogens with zero attached hydrogens (tertiary/aromatic N) is 5. The number of hydrogen-bond acceptors (Lipinski definition) is 9. The van der Waals surface area contributed by atoms with Crippen LogP contribution in [-0.2, 0) is 29.6 Å². The van der Waals surface area contributed by atoms with Crippen LogP contribution in [0.1, 0.15) is 39.0 Å². The van der Waals surface area contributed by atoms with Gasteiger partial charge in [-0.3, -0.25) is 9.59 Å². The van der Waals surface area contributed by atoms with Crippen molar-refractivity contribution in [1.29, 1.82) is 0 Å². The monoisotopic (exact) mass is 783 g/mol. The Morgan fingerprint density at radius 1 is 0.519 bits per heavy atom.